The molecule has 0 aliphatic rings. The predicted molar refractivity (Wildman–Crippen MR) is 71.7 cm³/mol. The summed E-state index contributed by atoms with van der Waals surface area (Å²) in [6.07, 6.45) is 2.89. The van der Waals surface area contributed by atoms with Gasteiger partial charge in [-0.2, -0.15) is 0 Å². The molecule has 0 atom stereocenters. The van der Waals surface area contributed by atoms with E-state index in [-0.39, 0.29) is 12.5 Å². The Balaban J connectivity index is 2.42. The Hall–Kier alpha value is -2.30. The Morgan fingerprint density at radius 2 is 1.95 bits per heavy atom. The van der Waals surface area contributed by atoms with Crippen LogP contribution in [0.4, 0.5) is 0 Å². The summed E-state index contributed by atoms with van der Waals surface area (Å²) in [5, 5.41) is 2.53. The van der Waals surface area contributed by atoms with Gasteiger partial charge in [0.05, 0.1) is 7.11 Å². The first kappa shape index (κ1) is 14.8. The number of carbonyl (C=O) groups excluding carboxylic acids is 2. The van der Waals surface area contributed by atoms with Crippen LogP contribution in [0.25, 0.3) is 6.08 Å². The average molecular weight is 263 g/mol. The molecular formula is C14H17NO4. The average Bonchev–Trinajstić information content (AvgIpc) is 2.44. The fourth-order valence-corrected chi connectivity index (χ4v) is 1.31. The number of esters is 1. The fraction of sp³-hybridized carbons (Fsp3) is 0.286. The van der Waals surface area contributed by atoms with E-state index in [4.69, 9.17) is 9.47 Å². The molecule has 102 valence electrons. The van der Waals surface area contributed by atoms with Crippen LogP contribution in [-0.2, 0) is 14.3 Å². The lowest BCUT2D eigenvalue weighted by atomic mass is 10.2. The maximum atomic E-state index is 11.3. The number of likely N-dealkylation sites (N-methyl/N-ethyl adjacent to an activating group) is 1. The van der Waals surface area contributed by atoms with Gasteiger partial charge >= 0.3 is 5.97 Å². The van der Waals surface area contributed by atoms with E-state index in [1.165, 1.54) is 6.08 Å². The molecule has 5 heteroatoms. The lowest BCUT2D eigenvalue weighted by Crippen LogP contribution is -2.28. The van der Waals surface area contributed by atoms with Crippen molar-refractivity contribution in [3.8, 4) is 5.75 Å². The molecule has 0 aliphatic carbocycles. The second-order valence-corrected chi connectivity index (χ2v) is 3.67. The molecule has 19 heavy (non-hydrogen) atoms. The molecule has 0 fully saturated rings. The maximum Gasteiger partial charge on any atom is 0.331 e. The molecule has 5 nitrogen and oxygen atoms in total. The minimum absolute atomic E-state index is 0.264. The number of hydrogen-bond donors (Lipinski definition) is 1. The SMILES string of the molecule is CCNC(=O)COC(=O)/C=C/c1ccc(OC)cc1. The minimum atomic E-state index is -0.554. The van der Waals surface area contributed by atoms with Crippen molar-refractivity contribution in [2.75, 3.05) is 20.3 Å². The first-order valence-electron chi connectivity index (χ1n) is 5.91. The van der Waals surface area contributed by atoms with E-state index in [9.17, 15) is 9.59 Å². The minimum Gasteiger partial charge on any atom is -0.497 e. The molecule has 0 unspecified atom stereocenters. The third-order valence-electron chi connectivity index (χ3n) is 2.25. The third kappa shape index (κ3) is 5.72. The Bertz CT molecular complexity index is 451. The van der Waals surface area contributed by atoms with Crippen molar-refractivity contribution >= 4 is 18.0 Å². The standard InChI is InChI=1S/C14H17NO4/c1-3-15-13(16)10-19-14(17)9-6-11-4-7-12(18-2)8-5-11/h4-9H,3,10H2,1-2H3,(H,15,16)/b9-6+. The zero-order valence-corrected chi connectivity index (χ0v) is 11.0. The van der Waals surface area contributed by atoms with E-state index in [0.29, 0.717) is 6.54 Å². The zero-order chi connectivity index (χ0) is 14.1. The number of carbonyl (C=O) groups is 2. The van der Waals surface area contributed by atoms with E-state index in [1.807, 2.05) is 12.1 Å². The van der Waals surface area contributed by atoms with Crippen molar-refractivity contribution in [1.82, 2.24) is 5.32 Å². The van der Waals surface area contributed by atoms with E-state index >= 15 is 0 Å². The van der Waals surface area contributed by atoms with Crippen LogP contribution in [0.5, 0.6) is 5.75 Å². The van der Waals surface area contributed by atoms with Gasteiger partial charge in [0.2, 0.25) is 0 Å². The first-order chi connectivity index (χ1) is 9.15. The highest BCUT2D eigenvalue weighted by atomic mass is 16.5. The highest BCUT2D eigenvalue weighted by Crippen LogP contribution is 2.12. The van der Waals surface area contributed by atoms with Gasteiger partial charge in [-0.05, 0) is 30.7 Å². The molecule has 1 amide bonds. The molecule has 1 aromatic carbocycles. The van der Waals surface area contributed by atoms with E-state index in [0.717, 1.165) is 11.3 Å². The maximum absolute atomic E-state index is 11.3. The quantitative estimate of drug-likeness (QED) is 0.622. The predicted octanol–water partition coefficient (Wildman–Crippen LogP) is 1.39. The van der Waals surface area contributed by atoms with Crippen molar-refractivity contribution in [3.63, 3.8) is 0 Å². The largest absolute Gasteiger partial charge is 0.497 e. The molecule has 1 aromatic rings. The Morgan fingerprint density at radius 3 is 2.53 bits per heavy atom. The number of amides is 1. The summed E-state index contributed by atoms with van der Waals surface area (Å²) in [5.41, 5.74) is 0.843. The van der Waals surface area contributed by atoms with Crippen molar-refractivity contribution < 1.29 is 19.1 Å². The third-order valence-corrected chi connectivity index (χ3v) is 2.25. The molecule has 1 N–H and O–H groups in total. The Kier molecular flexibility index (Phi) is 6.15. The monoisotopic (exact) mass is 263 g/mol. The number of hydrogen-bond acceptors (Lipinski definition) is 4. The molecule has 0 aliphatic heterocycles. The van der Waals surface area contributed by atoms with Crippen LogP contribution < -0.4 is 10.1 Å². The topological polar surface area (TPSA) is 64.6 Å². The van der Waals surface area contributed by atoms with E-state index < -0.39 is 5.97 Å². The van der Waals surface area contributed by atoms with Crippen LogP contribution in [0.3, 0.4) is 0 Å². The summed E-state index contributed by atoms with van der Waals surface area (Å²) in [7, 11) is 1.59. The normalized spacial score (nSPS) is 10.2. The molecule has 0 saturated carbocycles. The van der Waals surface area contributed by atoms with Gasteiger partial charge in [0.25, 0.3) is 5.91 Å². The highest BCUT2D eigenvalue weighted by Gasteiger charge is 2.02. The lowest BCUT2D eigenvalue weighted by molar-refractivity contribution is -0.143. The summed E-state index contributed by atoms with van der Waals surface area (Å²) in [5.74, 6) is -0.119. The van der Waals surface area contributed by atoms with Gasteiger partial charge in [-0.1, -0.05) is 12.1 Å². The van der Waals surface area contributed by atoms with Crippen LogP contribution in [0, 0.1) is 0 Å². The summed E-state index contributed by atoms with van der Waals surface area (Å²) in [6, 6.07) is 7.21. The van der Waals surface area contributed by atoms with Gasteiger partial charge in [0.15, 0.2) is 6.61 Å². The van der Waals surface area contributed by atoms with Crippen LogP contribution in [0.1, 0.15) is 12.5 Å². The molecule has 0 heterocycles. The number of benzene rings is 1. The smallest absolute Gasteiger partial charge is 0.331 e. The van der Waals surface area contributed by atoms with Gasteiger partial charge in [0.1, 0.15) is 5.75 Å². The van der Waals surface area contributed by atoms with Crippen LogP contribution in [-0.4, -0.2) is 32.1 Å². The number of ether oxygens (including phenoxy) is 2. The highest BCUT2D eigenvalue weighted by molar-refractivity contribution is 5.89. The molecule has 0 saturated heterocycles. The second-order valence-electron chi connectivity index (χ2n) is 3.67. The summed E-state index contributed by atoms with van der Waals surface area (Å²) >= 11 is 0. The van der Waals surface area contributed by atoms with Crippen LogP contribution in [0.15, 0.2) is 30.3 Å². The zero-order valence-electron chi connectivity index (χ0n) is 11.0. The van der Waals surface area contributed by atoms with Gasteiger partial charge < -0.3 is 14.8 Å². The number of rotatable bonds is 6. The van der Waals surface area contributed by atoms with Crippen LogP contribution >= 0.6 is 0 Å². The first-order valence-corrected chi connectivity index (χ1v) is 5.91. The van der Waals surface area contributed by atoms with Crippen LogP contribution in [0.2, 0.25) is 0 Å². The van der Waals surface area contributed by atoms with E-state index in [1.54, 1.807) is 32.2 Å². The van der Waals surface area contributed by atoms with Gasteiger partial charge in [-0.15, -0.1) is 0 Å². The Labute approximate surface area is 112 Å². The number of nitrogens with one attached hydrogen (secondary N) is 1. The van der Waals surface area contributed by atoms with Crippen molar-refractivity contribution in [1.29, 1.82) is 0 Å². The molecule has 0 bridgehead atoms. The lowest BCUT2D eigenvalue weighted by Gasteiger charge is -2.02. The second kappa shape index (κ2) is 7.92. The van der Waals surface area contributed by atoms with Gasteiger partial charge in [-0.3, -0.25) is 4.79 Å². The van der Waals surface area contributed by atoms with Crippen molar-refractivity contribution in [2.24, 2.45) is 0 Å². The molecular weight excluding hydrogens is 246 g/mol. The summed E-state index contributed by atoms with van der Waals surface area (Å²) in [6.45, 7) is 2.04. The van der Waals surface area contributed by atoms with Gasteiger partial charge in [-0.25, -0.2) is 4.79 Å². The fourth-order valence-electron chi connectivity index (χ4n) is 1.31. The molecule has 1 rings (SSSR count). The van der Waals surface area contributed by atoms with Crippen molar-refractivity contribution in [2.45, 2.75) is 6.92 Å². The van der Waals surface area contributed by atoms with Gasteiger partial charge in [0, 0.05) is 12.6 Å². The number of methoxy groups -OCH3 is 1. The summed E-state index contributed by atoms with van der Waals surface area (Å²) < 4.78 is 9.78. The molecule has 0 aromatic heterocycles. The van der Waals surface area contributed by atoms with E-state index in [2.05, 4.69) is 5.32 Å². The molecule has 0 spiro atoms. The molecule has 0 radical (unpaired) electrons. The van der Waals surface area contributed by atoms with Crippen molar-refractivity contribution in [3.05, 3.63) is 35.9 Å². The summed E-state index contributed by atoms with van der Waals surface area (Å²) in [4.78, 5) is 22.4. The Morgan fingerprint density at radius 1 is 1.26 bits per heavy atom.